The molecule has 39 heavy (non-hydrogen) atoms. The van der Waals surface area contributed by atoms with E-state index in [0.717, 1.165) is 27.9 Å². The molecule has 10 heteroatoms. The molecule has 1 saturated heterocycles. The van der Waals surface area contributed by atoms with Gasteiger partial charge in [0.1, 0.15) is 6.61 Å². The van der Waals surface area contributed by atoms with Gasteiger partial charge in [0.25, 0.3) is 11.8 Å². The number of rotatable bonds is 8. The van der Waals surface area contributed by atoms with Crippen LogP contribution in [0, 0.1) is 20.8 Å². The maximum absolute atomic E-state index is 13.1. The van der Waals surface area contributed by atoms with Gasteiger partial charge in [0, 0.05) is 10.6 Å². The monoisotopic (exact) mass is 644 g/mol. The van der Waals surface area contributed by atoms with Crippen molar-refractivity contribution < 1.29 is 19.1 Å². The summed E-state index contributed by atoms with van der Waals surface area (Å²) in [6, 6.07) is 14.3. The molecule has 0 radical (unpaired) electrons. The lowest BCUT2D eigenvalue weighted by Gasteiger charge is -2.17. The van der Waals surface area contributed by atoms with Gasteiger partial charge < -0.3 is 9.47 Å². The SMILES string of the molecule is CCOc1cc(/C=C2/SC(=S)N(NC(=O)c3ccc(Cl)cc3)C2=O)cc(Br)c1OCc1cc(C)c(C)cc1C. The van der Waals surface area contributed by atoms with Crippen molar-refractivity contribution in [2.75, 3.05) is 6.61 Å². The Hall–Kier alpha value is -2.85. The van der Waals surface area contributed by atoms with E-state index < -0.39 is 11.8 Å². The standard InChI is InChI=1S/C29H26BrClN2O4S2/c1-5-36-24-13-19(12-23(30)26(24)37-15-21-11-17(3)16(2)10-18(21)4)14-25-28(35)33(29(38)39-25)32-27(34)20-6-8-22(31)9-7-20/h6-14H,5,15H2,1-4H3,(H,32,34)/b25-14+. The first-order chi connectivity index (χ1) is 18.6. The molecule has 1 fully saturated rings. The molecule has 4 rings (SSSR count). The number of hydrazine groups is 1. The zero-order valence-electron chi connectivity index (χ0n) is 21.8. The van der Waals surface area contributed by atoms with Crippen molar-refractivity contribution >= 4 is 73.7 Å². The molecule has 3 aromatic rings. The van der Waals surface area contributed by atoms with Crippen molar-refractivity contribution in [1.29, 1.82) is 0 Å². The van der Waals surface area contributed by atoms with Crippen LogP contribution >= 0.6 is 51.5 Å². The van der Waals surface area contributed by atoms with E-state index in [1.807, 2.05) is 19.1 Å². The van der Waals surface area contributed by atoms with Crippen molar-refractivity contribution in [2.45, 2.75) is 34.3 Å². The highest BCUT2D eigenvalue weighted by Crippen LogP contribution is 2.40. The van der Waals surface area contributed by atoms with Crippen LogP contribution in [0.2, 0.25) is 5.02 Å². The summed E-state index contributed by atoms with van der Waals surface area (Å²) in [6.45, 7) is 8.97. The second kappa shape index (κ2) is 12.6. The van der Waals surface area contributed by atoms with E-state index in [1.54, 1.807) is 30.3 Å². The van der Waals surface area contributed by atoms with E-state index in [9.17, 15) is 9.59 Å². The average molecular weight is 646 g/mol. The molecule has 0 unspecified atom stereocenters. The van der Waals surface area contributed by atoms with Gasteiger partial charge in [-0.2, -0.15) is 5.01 Å². The average Bonchev–Trinajstić information content (AvgIpc) is 3.14. The lowest BCUT2D eigenvalue weighted by Crippen LogP contribution is -2.44. The summed E-state index contributed by atoms with van der Waals surface area (Å²) in [4.78, 5) is 26.1. The summed E-state index contributed by atoms with van der Waals surface area (Å²) in [5.74, 6) is 0.235. The predicted molar refractivity (Wildman–Crippen MR) is 164 cm³/mol. The van der Waals surface area contributed by atoms with Gasteiger partial charge in [0.15, 0.2) is 15.8 Å². The Bertz CT molecular complexity index is 1490. The molecule has 6 nitrogen and oxygen atoms in total. The summed E-state index contributed by atoms with van der Waals surface area (Å²) < 4.78 is 13.0. The Morgan fingerprint density at radius 2 is 1.77 bits per heavy atom. The number of hydrogen-bond donors (Lipinski definition) is 1. The van der Waals surface area contributed by atoms with Gasteiger partial charge in [-0.05, 0) is 126 Å². The molecular weight excluding hydrogens is 620 g/mol. The van der Waals surface area contributed by atoms with Gasteiger partial charge in [-0.3, -0.25) is 15.0 Å². The predicted octanol–water partition coefficient (Wildman–Crippen LogP) is 7.55. The summed E-state index contributed by atoms with van der Waals surface area (Å²) in [7, 11) is 0. The van der Waals surface area contributed by atoms with Gasteiger partial charge >= 0.3 is 0 Å². The smallest absolute Gasteiger partial charge is 0.285 e. The Labute approximate surface area is 250 Å². The van der Waals surface area contributed by atoms with E-state index in [-0.39, 0.29) is 4.32 Å². The molecular formula is C29H26BrClN2O4S2. The third-order valence-corrected chi connectivity index (χ3v) is 8.21. The first-order valence-corrected chi connectivity index (χ1v) is 14.5. The minimum Gasteiger partial charge on any atom is -0.490 e. The van der Waals surface area contributed by atoms with Crippen molar-refractivity contribution in [1.82, 2.24) is 10.4 Å². The highest BCUT2D eigenvalue weighted by molar-refractivity contribution is 9.10. The fraction of sp³-hybridized carbons (Fsp3) is 0.207. The fourth-order valence-corrected chi connectivity index (χ4v) is 5.76. The molecule has 202 valence electrons. The number of halogens is 2. The summed E-state index contributed by atoms with van der Waals surface area (Å²) in [5.41, 5.74) is 8.35. The van der Waals surface area contributed by atoms with E-state index in [2.05, 4.69) is 54.3 Å². The molecule has 2 amide bonds. The molecule has 3 aromatic carbocycles. The van der Waals surface area contributed by atoms with Crippen LogP contribution in [0.25, 0.3) is 6.08 Å². The first kappa shape index (κ1) is 29.1. The van der Waals surface area contributed by atoms with Crippen molar-refractivity contribution in [3.63, 3.8) is 0 Å². The van der Waals surface area contributed by atoms with Crippen LogP contribution < -0.4 is 14.9 Å². The lowest BCUT2D eigenvalue weighted by molar-refractivity contribution is -0.123. The number of amides is 2. The van der Waals surface area contributed by atoms with Crippen molar-refractivity contribution in [2.24, 2.45) is 0 Å². The molecule has 1 aliphatic rings. The minimum absolute atomic E-state index is 0.223. The number of nitrogens with zero attached hydrogens (tertiary/aromatic N) is 1. The van der Waals surface area contributed by atoms with E-state index in [4.69, 9.17) is 33.3 Å². The van der Waals surface area contributed by atoms with Crippen LogP contribution in [-0.2, 0) is 11.4 Å². The number of ether oxygens (including phenoxy) is 2. The van der Waals surface area contributed by atoms with Crippen LogP contribution in [0.1, 0.15) is 45.1 Å². The molecule has 0 bridgehead atoms. The van der Waals surface area contributed by atoms with Crippen LogP contribution in [0.15, 0.2) is 57.9 Å². The molecule has 1 N–H and O–H groups in total. The topological polar surface area (TPSA) is 67.9 Å². The summed E-state index contributed by atoms with van der Waals surface area (Å²) >= 11 is 16.0. The number of hydrogen-bond acceptors (Lipinski definition) is 6. The fourth-order valence-electron chi connectivity index (χ4n) is 3.88. The highest BCUT2D eigenvalue weighted by atomic mass is 79.9. The Kier molecular flexibility index (Phi) is 9.38. The number of carbonyl (C=O) groups is 2. The van der Waals surface area contributed by atoms with Gasteiger partial charge in [0.05, 0.1) is 16.0 Å². The number of aryl methyl sites for hydroxylation is 3. The van der Waals surface area contributed by atoms with E-state index in [1.165, 1.54) is 11.1 Å². The summed E-state index contributed by atoms with van der Waals surface area (Å²) in [6.07, 6.45) is 1.71. The van der Waals surface area contributed by atoms with Gasteiger partial charge in [-0.25, -0.2) is 0 Å². The van der Waals surface area contributed by atoms with Crippen LogP contribution in [0.5, 0.6) is 11.5 Å². The van der Waals surface area contributed by atoms with Crippen molar-refractivity contribution in [3.05, 3.63) is 96.3 Å². The quantitative estimate of drug-likeness (QED) is 0.202. The highest BCUT2D eigenvalue weighted by Gasteiger charge is 2.34. The zero-order valence-corrected chi connectivity index (χ0v) is 25.7. The number of benzene rings is 3. The molecule has 0 spiro atoms. The zero-order chi connectivity index (χ0) is 28.3. The number of thioether (sulfide) groups is 1. The normalized spacial score (nSPS) is 14.2. The van der Waals surface area contributed by atoms with Crippen LogP contribution in [-0.4, -0.2) is 27.8 Å². The second-order valence-electron chi connectivity index (χ2n) is 8.88. The second-order valence-corrected chi connectivity index (χ2v) is 11.8. The molecule has 0 aromatic heterocycles. The number of thiocarbonyl (C=S) groups is 1. The maximum Gasteiger partial charge on any atom is 0.285 e. The third-order valence-electron chi connectivity index (χ3n) is 6.07. The first-order valence-electron chi connectivity index (χ1n) is 12.1. The molecule has 1 aliphatic heterocycles. The largest absolute Gasteiger partial charge is 0.490 e. The van der Waals surface area contributed by atoms with E-state index in [0.29, 0.717) is 50.2 Å². The molecule has 0 saturated carbocycles. The van der Waals surface area contributed by atoms with Gasteiger partial charge in [-0.1, -0.05) is 35.5 Å². The Balaban J connectivity index is 1.54. The maximum atomic E-state index is 13.1. The Morgan fingerprint density at radius 1 is 1.08 bits per heavy atom. The number of nitrogens with one attached hydrogen (secondary N) is 1. The summed E-state index contributed by atoms with van der Waals surface area (Å²) in [5, 5.41) is 1.58. The third kappa shape index (κ3) is 6.84. The van der Waals surface area contributed by atoms with Gasteiger partial charge in [-0.15, -0.1) is 0 Å². The van der Waals surface area contributed by atoms with Crippen LogP contribution in [0.3, 0.4) is 0 Å². The Morgan fingerprint density at radius 3 is 2.46 bits per heavy atom. The van der Waals surface area contributed by atoms with E-state index >= 15 is 0 Å². The number of carbonyl (C=O) groups excluding carboxylic acids is 2. The van der Waals surface area contributed by atoms with Gasteiger partial charge in [0.2, 0.25) is 0 Å². The molecule has 0 aliphatic carbocycles. The van der Waals surface area contributed by atoms with Crippen LogP contribution in [0.4, 0.5) is 0 Å². The van der Waals surface area contributed by atoms with Crippen molar-refractivity contribution in [3.8, 4) is 11.5 Å². The lowest BCUT2D eigenvalue weighted by atomic mass is 10.0. The molecule has 1 heterocycles. The molecule has 0 atom stereocenters. The minimum atomic E-state index is -0.467.